The van der Waals surface area contributed by atoms with E-state index < -0.39 is 0 Å². The number of piperazine rings is 1. The maximum Gasteiger partial charge on any atom is 0.317 e. The second-order valence-corrected chi connectivity index (χ2v) is 7.18. The Kier molecular flexibility index (Phi) is 6.23. The predicted molar refractivity (Wildman–Crippen MR) is 96.1 cm³/mol. The van der Waals surface area contributed by atoms with Crippen LogP contribution in [0, 0.1) is 5.92 Å². The molecule has 0 aromatic heterocycles. The van der Waals surface area contributed by atoms with Gasteiger partial charge in [0.2, 0.25) is 0 Å². The van der Waals surface area contributed by atoms with Crippen LogP contribution >= 0.6 is 0 Å². The highest BCUT2D eigenvalue weighted by Crippen LogP contribution is 2.13. The SMILES string of the molecule is CC(C)Cc1ccc(C(=O)N2CCN(C(=O)NC(C)C)CC2)cc1. The van der Waals surface area contributed by atoms with Gasteiger partial charge in [0.15, 0.2) is 0 Å². The van der Waals surface area contributed by atoms with Crippen LogP contribution in [0.2, 0.25) is 0 Å². The molecule has 2 rings (SSSR count). The van der Waals surface area contributed by atoms with Gasteiger partial charge >= 0.3 is 6.03 Å². The topological polar surface area (TPSA) is 52.7 Å². The Morgan fingerprint density at radius 3 is 2.00 bits per heavy atom. The molecular weight excluding hydrogens is 302 g/mol. The molecule has 1 aromatic carbocycles. The first kappa shape index (κ1) is 18.3. The Bertz CT molecular complexity index is 558. The van der Waals surface area contributed by atoms with E-state index in [2.05, 4.69) is 19.2 Å². The third kappa shape index (κ3) is 4.98. The summed E-state index contributed by atoms with van der Waals surface area (Å²) in [6.45, 7) is 10.6. The molecule has 24 heavy (non-hydrogen) atoms. The fraction of sp³-hybridized carbons (Fsp3) is 0.579. The maximum atomic E-state index is 12.6. The van der Waals surface area contributed by atoms with Gasteiger partial charge < -0.3 is 15.1 Å². The summed E-state index contributed by atoms with van der Waals surface area (Å²) in [6, 6.07) is 7.99. The highest BCUT2D eigenvalue weighted by Gasteiger charge is 2.25. The van der Waals surface area contributed by atoms with E-state index in [-0.39, 0.29) is 18.0 Å². The second-order valence-electron chi connectivity index (χ2n) is 7.18. The Balaban J connectivity index is 1.89. The number of amides is 3. The van der Waals surface area contributed by atoms with Gasteiger partial charge in [0.05, 0.1) is 0 Å². The normalized spacial score (nSPS) is 15.1. The molecule has 1 heterocycles. The van der Waals surface area contributed by atoms with Crippen LogP contribution in [0.25, 0.3) is 0 Å². The molecule has 5 heteroatoms. The summed E-state index contributed by atoms with van der Waals surface area (Å²) in [5.41, 5.74) is 1.99. The molecule has 0 bridgehead atoms. The Hall–Kier alpha value is -2.04. The van der Waals surface area contributed by atoms with E-state index in [1.807, 2.05) is 43.0 Å². The van der Waals surface area contributed by atoms with E-state index in [0.717, 1.165) is 12.0 Å². The Labute approximate surface area is 145 Å². The van der Waals surface area contributed by atoms with Gasteiger partial charge in [-0.25, -0.2) is 4.79 Å². The summed E-state index contributed by atoms with van der Waals surface area (Å²) in [5, 5.41) is 2.89. The van der Waals surface area contributed by atoms with Crippen molar-refractivity contribution in [3.05, 3.63) is 35.4 Å². The lowest BCUT2D eigenvalue weighted by Crippen LogP contribution is -2.54. The van der Waals surface area contributed by atoms with Crippen LogP contribution in [-0.2, 0) is 6.42 Å². The van der Waals surface area contributed by atoms with Crippen molar-refractivity contribution in [2.24, 2.45) is 5.92 Å². The van der Waals surface area contributed by atoms with Crippen LogP contribution in [0.15, 0.2) is 24.3 Å². The molecule has 1 fully saturated rings. The summed E-state index contributed by atoms with van der Waals surface area (Å²) in [5.74, 6) is 0.659. The molecule has 0 spiro atoms. The fourth-order valence-corrected chi connectivity index (χ4v) is 2.89. The van der Waals surface area contributed by atoms with Crippen molar-refractivity contribution >= 4 is 11.9 Å². The van der Waals surface area contributed by atoms with Crippen LogP contribution in [-0.4, -0.2) is 54.0 Å². The minimum Gasteiger partial charge on any atom is -0.336 e. The average Bonchev–Trinajstić information content (AvgIpc) is 2.54. The van der Waals surface area contributed by atoms with E-state index >= 15 is 0 Å². The molecule has 0 saturated carbocycles. The first-order chi connectivity index (χ1) is 11.4. The van der Waals surface area contributed by atoms with E-state index in [1.165, 1.54) is 5.56 Å². The standard InChI is InChI=1S/C19H29N3O2/c1-14(2)13-16-5-7-17(8-6-16)18(23)21-9-11-22(12-10-21)19(24)20-15(3)4/h5-8,14-15H,9-13H2,1-4H3,(H,20,24). The number of nitrogens with zero attached hydrogens (tertiary/aromatic N) is 2. The summed E-state index contributed by atoms with van der Waals surface area (Å²) >= 11 is 0. The monoisotopic (exact) mass is 331 g/mol. The van der Waals surface area contributed by atoms with Gasteiger partial charge in [0, 0.05) is 37.8 Å². The molecule has 3 amide bonds. The van der Waals surface area contributed by atoms with Crippen LogP contribution in [0.4, 0.5) is 4.79 Å². The number of urea groups is 1. The summed E-state index contributed by atoms with van der Waals surface area (Å²) in [6.07, 6.45) is 1.03. The smallest absolute Gasteiger partial charge is 0.317 e. The molecule has 0 atom stereocenters. The minimum atomic E-state index is -0.0462. The van der Waals surface area contributed by atoms with Crippen molar-refractivity contribution in [3.63, 3.8) is 0 Å². The molecule has 1 aromatic rings. The first-order valence-electron chi connectivity index (χ1n) is 8.80. The maximum absolute atomic E-state index is 12.6. The van der Waals surface area contributed by atoms with Gasteiger partial charge in [0.25, 0.3) is 5.91 Å². The number of carbonyl (C=O) groups excluding carboxylic acids is 2. The summed E-state index contributed by atoms with van der Waals surface area (Å²) in [4.78, 5) is 28.2. The third-order valence-electron chi connectivity index (χ3n) is 4.11. The molecule has 1 saturated heterocycles. The fourth-order valence-electron chi connectivity index (χ4n) is 2.89. The molecule has 5 nitrogen and oxygen atoms in total. The minimum absolute atomic E-state index is 0.0462. The quantitative estimate of drug-likeness (QED) is 0.922. The highest BCUT2D eigenvalue weighted by molar-refractivity contribution is 5.94. The van der Waals surface area contributed by atoms with Gasteiger partial charge in [-0.05, 0) is 43.9 Å². The lowest BCUT2D eigenvalue weighted by Gasteiger charge is -2.35. The lowest BCUT2D eigenvalue weighted by atomic mass is 10.0. The Morgan fingerprint density at radius 2 is 1.50 bits per heavy atom. The number of benzene rings is 1. The van der Waals surface area contributed by atoms with Gasteiger partial charge in [-0.1, -0.05) is 26.0 Å². The van der Waals surface area contributed by atoms with Crippen LogP contribution in [0.1, 0.15) is 43.6 Å². The number of rotatable bonds is 4. The molecule has 0 aliphatic carbocycles. The number of carbonyl (C=O) groups is 2. The van der Waals surface area contributed by atoms with Gasteiger partial charge in [0.1, 0.15) is 0 Å². The van der Waals surface area contributed by atoms with Crippen molar-refractivity contribution in [1.82, 2.24) is 15.1 Å². The summed E-state index contributed by atoms with van der Waals surface area (Å²) < 4.78 is 0. The van der Waals surface area contributed by atoms with Crippen LogP contribution < -0.4 is 5.32 Å². The van der Waals surface area contributed by atoms with Crippen molar-refractivity contribution in [1.29, 1.82) is 0 Å². The molecule has 1 aliphatic rings. The zero-order chi connectivity index (χ0) is 17.7. The molecule has 0 unspecified atom stereocenters. The molecule has 1 aliphatic heterocycles. The first-order valence-corrected chi connectivity index (χ1v) is 8.80. The molecule has 1 N–H and O–H groups in total. The van der Waals surface area contributed by atoms with E-state index in [0.29, 0.717) is 32.1 Å². The van der Waals surface area contributed by atoms with Crippen molar-refractivity contribution in [2.45, 2.75) is 40.2 Å². The number of hydrogen-bond donors (Lipinski definition) is 1. The van der Waals surface area contributed by atoms with E-state index in [9.17, 15) is 9.59 Å². The zero-order valence-electron chi connectivity index (χ0n) is 15.2. The summed E-state index contributed by atoms with van der Waals surface area (Å²) in [7, 11) is 0. The highest BCUT2D eigenvalue weighted by atomic mass is 16.2. The van der Waals surface area contributed by atoms with Crippen molar-refractivity contribution in [3.8, 4) is 0 Å². The molecular formula is C19H29N3O2. The van der Waals surface area contributed by atoms with Crippen molar-refractivity contribution < 1.29 is 9.59 Å². The van der Waals surface area contributed by atoms with Crippen LogP contribution in [0.3, 0.4) is 0 Å². The predicted octanol–water partition coefficient (Wildman–Crippen LogP) is 2.76. The largest absolute Gasteiger partial charge is 0.336 e. The average molecular weight is 331 g/mol. The second kappa shape index (κ2) is 8.18. The van der Waals surface area contributed by atoms with E-state index in [1.54, 1.807) is 4.90 Å². The van der Waals surface area contributed by atoms with Crippen molar-refractivity contribution in [2.75, 3.05) is 26.2 Å². The van der Waals surface area contributed by atoms with E-state index in [4.69, 9.17) is 0 Å². The lowest BCUT2D eigenvalue weighted by molar-refractivity contribution is 0.0664. The number of hydrogen-bond acceptors (Lipinski definition) is 2. The number of nitrogens with one attached hydrogen (secondary N) is 1. The molecule has 132 valence electrons. The van der Waals surface area contributed by atoms with Gasteiger partial charge in [-0.15, -0.1) is 0 Å². The Morgan fingerprint density at radius 1 is 0.958 bits per heavy atom. The molecule has 0 radical (unpaired) electrons. The van der Waals surface area contributed by atoms with Gasteiger partial charge in [-0.2, -0.15) is 0 Å². The third-order valence-corrected chi connectivity index (χ3v) is 4.11. The zero-order valence-corrected chi connectivity index (χ0v) is 15.2. The van der Waals surface area contributed by atoms with Crippen LogP contribution in [0.5, 0.6) is 0 Å². The van der Waals surface area contributed by atoms with Gasteiger partial charge in [-0.3, -0.25) is 4.79 Å².